The minimum absolute atomic E-state index is 0.123. The Hall–Kier alpha value is -3.69. The van der Waals surface area contributed by atoms with Crippen molar-refractivity contribution in [2.24, 2.45) is 11.5 Å². The molecule has 3 atom stereocenters. The van der Waals surface area contributed by atoms with Crippen molar-refractivity contribution in [1.29, 1.82) is 0 Å². The van der Waals surface area contributed by atoms with Crippen molar-refractivity contribution in [3.63, 3.8) is 0 Å². The molecule has 1 aliphatic rings. The summed E-state index contributed by atoms with van der Waals surface area (Å²) in [5.74, 6) is -0.146. The molecule has 0 saturated carbocycles. The Morgan fingerprint density at radius 3 is 2.52 bits per heavy atom. The number of aliphatic hydroxyl groups is 1. The predicted octanol–water partition coefficient (Wildman–Crippen LogP) is 2.58. The number of anilines is 1. The third-order valence-corrected chi connectivity index (χ3v) is 6.01. The van der Waals surface area contributed by atoms with E-state index in [0.717, 1.165) is 5.56 Å². The summed E-state index contributed by atoms with van der Waals surface area (Å²) in [6.45, 7) is 0.234. The van der Waals surface area contributed by atoms with Gasteiger partial charge in [0, 0.05) is 30.6 Å². The second-order valence-electron chi connectivity index (χ2n) is 8.29. The summed E-state index contributed by atoms with van der Waals surface area (Å²) in [5, 5.41) is 13.8. The first kappa shape index (κ1) is 22.5. The van der Waals surface area contributed by atoms with E-state index in [1.165, 1.54) is 15.7 Å². The van der Waals surface area contributed by atoms with E-state index in [-0.39, 0.29) is 31.2 Å². The quantitative estimate of drug-likeness (QED) is 0.457. The molecular formula is C24H27N5O4. The number of aromatic nitrogens is 1. The fourth-order valence-corrected chi connectivity index (χ4v) is 4.33. The first-order valence-corrected chi connectivity index (χ1v) is 10.8. The zero-order valence-electron chi connectivity index (χ0n) is 18.1. The van der Waals surface area contributed by atoms with Gasteiger partial charge in [0.1, 0.15) is 0 Å². The molecule has 9 nitrogen and oxygen atoms in total. The van der Waals surface area contributed by atoms with Gasteiger partial charge in [-0.1, -0.05) is 48.5 Å². The normalized spacial score (nSPS) is 18.9. The highest BCUT2D eigenvalue weighted by Gasteiger charge is 2.38. The van der Waals surface area contributed by atoms with Crippen molar-refractivity contribution in [3.05, 3.63) is 66.4 Å². The van der Waals surface area contributed by atoms with Crippen LogP contribution in [0, 0.1) is 0 Å². The number of likely N-dealkylation sites (tertiary alicyclic amines) is 1. The number of aliphatic hydroxyl groups excluding tert-OH is 1. The molecule has 33 heavy (non-hydrogen) atoms. The Kier molecular flexibility index (Phi) is 6.43. The number of nitrogens with zero attached hydrogens (tertiary/aromatic N) is 2. The number of hydrogen-bond acceptors (Lipinski definition) is 5. The summed E-state index contributed by atoms with van der Waals surface area (Å²) >= 11 is 0. The van der Waals surface area contributed by atoms with Crippen molar-refractivity contribution >= 4 is 34.4 Å². The SMILES string of the molecule is NC(=O)n1cc(NC(=O)N2C[C@@H](N)C[C@H]2C(=O)CCC(O)c2ccccc2)c2ccccc21. The summed E-state index contributed by atoms with van der Waals surface area (Å²) in [7, 11) is 0. The molecule has 1 aromatic heterocycles. The van der Waals surface area contributed by atoms with Crippen LogP contribution >= 0.6 is 0 Å². The van der Waals surface area contributed by atoms with E-state index >= 15 is 0 Å². The van der Waals surface area contributed by atoms with E-state index in [2.05, 4.69) is 5.32 Å². The van der Waals surface area contributed by atoms with Crippen LogP contribution in [0.3, 0.4) is 0 Å². The van der Waals surface area contributed by atoms with Gasteiger partial charge in [0.25, 0.3) is 0 Å². The van der Waals surface area contributed by atoms with Crippen molar-refractivity contribution in [3.8, 4) is 0 Å². The molecule has 1 fully saturated rings. The molecule has 0 spiro atoms. The maximum absolute atomic E-state index is 13.1. The van der Waals surface area contributed by atoms with E-state index in [1.807, 2.05) is 30.3 Å². The van der Waals surface area contributed by atoms with Crippen LogP contribution in [0.15, 0.2) is 60.8 Å². The highest BCUT2D eigenvalue weighted by Crippen LogP contribution is 2.28. The van der Waals surface area contributed by atoms with Crippen LogP contribution in [0.1, 0.15) is 30.9 Å². The molecule has 3 aromatic rings. The number of hydrogen-bond donors (Lipinski definition) is 4. The Morgan fingerprint density at radius 2 is 1.79 bits per heavy atom. The number of carbonyl (C=O) groups is 3. The van der Waals surface area contributed by atoms with Crippen LogP contribution < -0.4 is 16.8 Å². The van der Waals surface area contributed by atoms with Crippen molar-refractivity contribution in [2.45, 2.75) is 37.5 Å². The van der Waals surface area contributed by atoms with Crippen LogP contribution in [0.4, 0.5) is 15.3 Å². The molecule has 4 rings (SSSR count). The summed E-state index contributed by atoms with van der Waals surface area (Å²) in [6, 6.07) is 14.1. The van der Waals surface area contributed by atoms with Gasteiger partial charge in [-0.05, 0) is 24.5 Å². The van der Waals surface area contributed by atoms with Crippen molar-refractivity contribution in [2.75, 3.05) is 11.9 Å². The van der Waals surface area contributed by atoms with Gasteiger partial charge in [0.15, 0.2) is 5.78 Å². The lowest BCUT2D eigenvalue weighted by Crippen LogP contribution is -2.43. The Bertz CT molecular complexity index is 1180. The third-order valence-electron chi connectivity index (χ3n) is 6.01. The van der Waals surface area contributed by atoms with Crippen LogP contribution in [-0.4, -0.2) is 51.0 Å². The van der Waals surface area contributed by atoms with Gasteiger partial charge >= 0.3 is 12.1 Å². The molecule has 9 heteroatoms. The van der Waals surface area contributed by atoms with Gasteiger partial charge < -0.3 is 26.8 Å². The Balaban J connectivity index is 1.46. The number of para-hydroxylation sites is 1. The van der Waals surface area contributed by atoms with E-state index in [1.54, 1.807) is 24.3 Å². The molecule has 0 aliphatic carbocycles. The number of ketones is 1. The third kappa shape index (κ3) is 4.74. The van der Waals surface area contributed by atoms with Gasteiger partial charge in [-0.25, -0.2) is 9.59 Å². The van der Waals surface area contributed by atoms with Gasteiger partial charge in [-0.2, -0.15) is 0 Å². The van der Waals surface area contributed by atoms with E-state index in [9.17, 15) is 19.5 Å². The summed E-state index contributed by atoms with van der Waals surface area (Å²) in [6.07, 6.45) is 1.45. The smallest absolute Gasteiger partial charge is 0.323 e. The van der Waals surface area contributed by atoms with E-state index in [0.29, 0.717) is 23.0 Å². The summed E-state index contributed by atoms with van der Waals surface area (Å²) in [5.41, 5.74) is 13.3. The minimum Gasteiger partial charge on any atom is -0.388 e. The fraction of sp³-hybridized carbons (Fsp3) is 0.292. The number of urea groups is 1. The lowest BCUT2D eigenvalue weighted by Gasteiger charge is -2.24. The first-order valence-electron chi connectivity index (χ1n) is 10.8. The maximum Gasteiger partial charge on any atom is 0.323 e. The summed E-state index contributed by atoms with van der Waals surface area (Å²) in [4.78, 5) is 39.2. The van der Waals surface area contributed by atoms with Gasteiger partial charge in [-0.15, -0.1) is 0 Å². The van der Waals surface area contributed by atoms with Gasteiger partial charge in [-0.3, -0.25) is 9.36 Å². The van der Waals surface area contributed by atoms with Crippen molar-refractivity contribution < 1.29 is 19.5 Å². The largest absolute Gasteiger partial charge is 0.388 e. The average molecular weight is 450 g/mol. The molecule has 1 saturated heterocycles. The second kappa shape index (κ2) is 9.43. The zero-order chi connectivity index (χ0) is 23.5. The fourth-order valence-electron chi connectivity index (χ4n) is 4.33. The molecule has 1 unspecified atom stereocenters. The lowest BCUT2D eigenvalue weighted by atomic mass is 9.99. The highest BCUT2D eigenvalue weighted by atomic mass is 16.3. The van der Waals surface area contributed by atoms with Crippen LogP contribution in [0.2, 0.25) is 0 Å². The molecule has 6 N–H and O–H groups in total. The van der Waals surface area contributed by atoms with Crippen LogP contribution in [-0.2, 0) is 4.79 Å². The summed E-state index contributed by atoms with van der Waals surface area (Å²) < 4.78 is 1.26. The molecule has 1 aliphatic heterocycles. The second-order valence-corrected chi connectivity index (χ2v) is 8.29. The topological polar surface area (TPSA) is 144 Å². The number of fused-ring (bicyclic) bond motifs is 1. The standard InChI is InChI=1S/C24H27N5O4/c25-16-12-20(22(31)11-10-21(30)15-6-2-1-3-7-15)29(13-16)24(33)27-18-14-28(23(26)32)19-9-5-4-8-17(18)19/h1-9,14,16,20-21,30H,10-13,25H2,(H2,26,32)(H,27,33)/t16-,20-,21?/m0/s1. The molecular weight excluding hydrogens is 422 g/mol. The number of amides is 3. The maximum atomic E-state index is 13.1. The first-order chi connectivity index (χ1) is 15.8. The van der Waals surface area contributed by atoms with Crippen LogP contribution in [0.25, 0.3) is 10.9 Å². The number of carbonyl (C=O) groups excluding carboxylic acids is 3. The number of nitrogens with two attached hydrogens (primary N) is 2. The molecule has 0 radical (unpaired) electrons. The monoisotopic (exact) mass is 449 g/mol. The van der Waals surface area contributed by atoms with E-state index in [4.69, 9.17) is 11.5 Å². The lowest BCUT2D eigenvalue weighted by molar-refractivity contribution is -0.123. The Morgan fingerprint density at radius 1 is 1.09 bits per heavy atom. The molecule has 3 amide bonds. The molecule has 2 aromatic carbocycles. The number of nitrogens with one attached hydrogen (secondary N) is 1. The average Bonchev–Trinajstić information content (AvgIpc) is 3.39. The number of benzene rings is 2. The zero-order valence-corrected chi connectivity index (χ0v) is 18.1. The van der Waals surface area contributed by atoms with Crippen molar-refractivity contribution in [1.82, 2.24) is 9.47 Å². The Labute approximate surface area is 191 Å². The number of rotatable bonds is 6. The molecule has 172 valence electrons. The molecule has 2 heterocycles. The highest BCUT2D eigenvalue weighted by molar-refractivity contribution is 6.05. The minimum atomic E-state index is -0.757. The predicted molar refractivity (Wildman–Crippen MR) is 125 cm³/mol. The van der Waals surface area contributed by atoms with Gasteiger partial charge in [0.2, 0.25) is 0 Å². The van der Waals surface area contributed by atoms with Crippen LogP contribution in [0.5, 0.6) is 0 Å². The van der Waals surface area contributed by atoms with E-state index < -0.39 is 24.2 Å². The van der Waals surface area contributed by atoms with Gasteiger partial charge in [0.05, 0.1) is 23.3 Å². The molecule has 0 bridgehead atoms. The number of primary amides is 1. The number of Topliss-reactive ketones (excluding diaryl/α,β-unsaturated/α-hetero) is 1.